The molecule has 0 aromatic carbocycles. The van der Waals surface area contributed by atoms with Crippen LogP contribution in [-0.4, -0.2) is 23.6 Å². The summed E-state index contributed by atoms with van der Waals surface area (Å²) < 4.78 is 0.773. The SMILES string of the molecule is CCN(C)c1cncc(Br)n1. The van der Waals surface area contributed by atoms with Crippen LogP contribution in [0, 0.1) is 0 Å². The first kappa shape index (κ1) is 8.46. The van der Waals surface area contributed by atoms with Crippen molar-refractivity contribution in [3.05, 3.63) is 17.0 Å². The van der Waals surface area contributed by atoms with E-state index < -0.39 is 0 Å². The molecule has 0 radical (unpaired) electrons. The minimum atomic E-state index is 0.773. The lowest BCUT2D eigenvalue weighted by Crippen LogP contribution is -2.17. The Bertz CT molecular complexity index is 239. The number of nitrogens with zero attached hydrogens (tertiary/aromatic N) is 3. The second-order valence-corrected chi connectivity index (χ2v) is 3.03. The summed E-state index contributed by atoms with van der Waals surface area (Å²) in [5, 5.41) is 0. The van der Waals surface area contributed by atoms with Crippen molar-refractivity contribution in [1.82, 2.24) is 9.97 Å². The van der Waals surface area contributed by atoms with Crippen LogP contribution in [-0.2, 0) is 0 Å². The second kappa shape index (κ2) is 3.67. The summed E-state index contributed by atoms with van der Waals surface area (Å²) in [5.41, 5.74) is 0. The summed E-state index contributed by atoms with van der Waals surface area (Å²) in [6.45, 7) is 3.01. The highest BCUT2D eigenvalue weighted by Crippen LogP contribution is 2.10. The molecule has 0 fully saturated rings. The van der Waals surface area contributed by atoms with Crippen LogP contribution in [0.25, 0.3) is 0 Å². The van der Waals surface area contributed by atoms with Crippen LogP contribution in [0.5, 0.6) is 0 Å². The van der Waals surface area contributed by atoms with Gasteiger partial charge in [-0.15, -0.1) is 0 Å². The third-order valence-electron chi connectivity index (χ3n) is 1.46. The third kappa shape index (κ3) is 2.15. The Hall–Kier alpha value is -0.640. The molecule has 0 unspecified atom stereocenters. The standard InChI is InChI=1S/C7H10BrN3/c1-3-11(2)7-5-9-4-6(8)10-7/h4-5H,3H2,1-2H3. The number of hydrogen-bond acceptors (Lipinski definition) is 3. The average molecular weight is 216 g/mol. The number of rotatable bonds is 2. The van der Waals surface area contributed by atoms with Crippen molar-refractivity contribution in [2.24, 2.45) is 0 Å². The second-order valence-electron chi connectivity index (χ2n) is 2.21. The fourth-order valence-electron chi connectivity index (χ4n) is 0.679. The zero-order chi connectivity index (χ0) is 8.27. The topological polar surface area (TPSA) is 29.0 Å². The van der Waals surface area contributed by atoms with E-state index in [2.05, 4.69) is 32.8 Å². The molecular formula is C7H10BrN3. The van der Waals surface area contributed by atoms with Crippen molar-refractivity contribution >= 4 is 21.7 Å². The molecule has 0 saturated heterocycles. The lowest BCUT2D eigenvalue weighted by atomic mass is 10.5. The van der Waals surface area contributed by atoms with Crippen LogP contribution in [0.15, 0.2) is 17.0 Å². The molecule has 0 amide bonds. The minimum Gasteiger partial charge on any atom is -0.359 e. The molecule has 1 aromatic rings. The highest BCUT2D eigenvalue weighted by atomic mass is 79.9. The van der Waals surface area contributed by atoms with Crippen molar-refractivity contribution in [2.45, 2.75) is 6.92 Å². The van der Waals surface area contributed by atoms with Crippen molar-refractivity contribution in [3.8, 4) is 0 Å². The lowest BCUT2D eigenvalue weighted by molar-refractivity contribution is 0.923. The summed E-state index contributed by atoms with van der Waals surface area (Å²) in [5.74, 6) is 0.891. The van der Waals surface area contributed by atoms with Gasteiger partial charge in [-0.1, -0.05) is 0 Å². The molecule has 0 aliphatic rings. The Balaban J connectivity index is 2.86. The predicted octanol–water partition coefficient (Wildman–Crippen LogP) is 1.70. The van der Waals surface area contributed by atoms with Crippen LogP contribution in [0.4, 0.5) is 5.82 Å². The number of halogens is 1. The molecule has 0 N–H and O–H groups in total. The van der Waals surface area contributed by atoms with Crippen molar-refractivity contribution in [2.75, 3.05) is 18.5 Å². The highest BCUT2D eigenvalue weighted by Gasteiger charge is 1.99. The summed E-state index contributed by atoms with van der Waals surface area (Å²) in [6, 6.07) is 0. The van der Waals surface area contributed by atoms with Gasteiger partial charge in [-0.25, -0.2) is 4.98 Å². The monoisotopic (exact) mass is 215 g/mol. The molecule has 0 bridgehead atoms. The maximum Gasteiger partial charge on any atom is 0.148 e. The molecule has 0 atom stereocenters. The molecule has 0 spiro atoms. The number of aromatic nitrogens is 2. The average Bonchev–Trinajstić information content (AvgIpc) is 2.03. The van der Waals surface area contributed by atoms with Gasteiger partial charge in [0.2, 0.25) is 0 Å². The van der Waals surface area contributed by atoms with Crippen molar-refractivity contribution in [1.29, 1.82) is 0 Å². The fraction of sp³-hybridized carbons (Fsp3) is 0.429. The van der Waals surface area contributed by atoms with E-state index in [4.69, 9.17) is 0 Å². The van der Waals surface area contributed by atoms with Gasteiger partial charge in [-0.05, 0) is 22.9 Å². The molecule has 4 heteroatoms. The Labute approximate surface area is 74.6 Å². The molecule has 0 saturated carbocycles. The third-order valence-corrected chi connectivity index (χ3v) is 1.84. The maximum atomic E-state index is 4.22. The maximum absolute atomic E-state index is 4.22. The van der Waals surface area contributed by atoms with Gasteiger partial charge >= 0.3 is 0 Å². The Kier molecular flexibility index (Phi) is 2.82. The summed E-state index contributed by atoms with van der Waals surface area (Å²) in [4.78, 5) is 10.3. The van der Waals surface area contributed by atoms with E-state index in [1.54, 1.807) is 12.4 Å². The molecule has 1 heterocycles. The minimum absolute atomic E-state index is 0.773. The van der Waals surface area contributed by atoms with E-state index >= 15 is 0 Å². The van der Waals surface area contributed by atoms with Crippen LogP contribution in [0.3, 0.4) is 0 Å². The first-order valence-corrected chi connectivity index (χ1v) is 4.22. The first-order chi connectivity index (χ1) is 5.24. The smallest absolute Gasteiger partial charge is 0.148 e. The Morgan fingerprint density at radius 3 is 2.82 bits per heavy atom. The van der Waals surface area contributed by atoms with Gasteiger partial charge in [-0.3, -0.25) is 4.98 Å². The normalized spacial score (nSPS) is 9.73. The van der Waals surface area contributed by atoms with Gasteiger partial charge in [0.05, 0.1) is 12.4 Å². The van der Waals surface area contributed by atoms with Gasteiger partial charge in [0.25, 0.3) is 0 Å². The van der Waals surface area contributed by atoms with Crippen LogP contribution in [0.1, 0.15) is 6.92 Å². The summed E-state index contributed by atoms with van der Waals surface area (Å²) >= 11 is 3.26. The number of hydrogen-bond donors (Lipinski definition) is 0. The van der Waals surface area contributed by atoms with Gasteiger partial charge in [0.15, 0.2) is 0 Å². The summed E-state index contributed by atoms with van der Waals surface area (Å²) in [7, 11) is 1.98. The first-order valence-electron chi connectivity index (χ1n) is 3.42. The van der Waals surface area contributed by atoms with E-state index in [0.717, 1.165) is 17.0 Å². The van der Waals surface area contributed by atoms with E-state index in [0.29, 0.717) is 0 Å². The van der Waals surface area contributed by atoms with Gasteiger partial charge in [-0.2, -0.15) is 0 Å². The predicted molar refractivity (Wildman–Crippen MR) is 48.7 cm³/mol. The quantitative estimate of drug-likeness (QED) is 0.753. The van der Waals surface area contributed by atoms with Gasteiger partial charge < -0.3 is 4.90 Å². The molecule has 0 aliphatic heterocycles. The Morgan fingerprint density at radius 2 is 2.27 bits per heavy atom. The van der Waals surface area contributed by atoms with Crippen LogP contribution >= 0.6 is 15.9 Å². The van der Waals surface area contributed by atoms with Gasteiger partial charge in [0.1, 0.15) is 10.4 Å². The Morgan fingerprint density at radius 1 is 1.55 bits per heavy atom. The van der Waals surface area contributed by atoms with E-state index in [9.17, 15) is 0 Å². The van der Waals surface area contributed by atoms with E-state index in [1.165, 1.54) is 0 Å². The van der Waals surface area contributed by atoms with Crippen LogP contribution < -0.4 is 4.90 Å². The molecule has 11 heavy (non-hydrogen) atoms. The van der Waals surface area contributed by atoms with E-state index in [-0.39, 0.29) is 0 Å². The molecule has 0 aliphatic carbocycles. The number of anilines is 1. The van der Waals surface area contributed by atoms with Crippen LogP contribution in [0.2, 0.25) is 0 Å². The lowest BCUT2D eigenvalue weighted by Gasteiger charge is -2.14. The highest BCUT2D eigenvalue weighted by molar-refractivity contribution is 9.10. The van der Waals surface area contributed by atoms with E-state index in [1.807, 2.05) is 11.9 Å². The molecule has 1 aromatic heterocycles. The van der Waals surface area contributed by atoms with Gasteiger partial charge in [0, 0.05) is 13.6 Å². The molecule has 1 rings (SSSR count). The molecular weight excluding hydrogens is 206 g/mol. The summed E-state index contributed by atoms with van der Waals surface area (Å²) in [6.07, 6.45) is 3.42. The fourth-order valence-corrected chi connectivity index (χ4v) is 0.978. The molecule has 60 valence electrons. The zero-order valence-electron chi connectivity index (χ0n) is 6.58. The zero-order valence-corrected chi connectivity index (χ0v) is 8.17. The largest absolute Gasteiger partial charge is 0.359 e. The molecule has 3 nitrogen and oxygen atoms in total. The van der Waals surface area contributed by atoms with Crippen molar-refractivity contribution < 1.29 is 0 Å². The van der Waals surface area contributed by atoms with Crippen molar-refractivity contribution in [3.63, 3.8) is 0 Å².